The third-order valence-electron chi connectivity index (χ3n) is 5.67. The van der Waals surface area contributed by atoms with E-state index in [1.54, 1.807) is 12.1 Å². The zero-order valence-corrected chi connectivity index (χ0v) is 15.6. The van der Waals surface area contributed by atoms with Gasteiger partial charge in [-0.25, -0.2) is 0 Å². The molecule has 8 nitrogen and oxygen atoms in total. The number of hydrogen-bond acceptors (Lipinski definition) is 6. The number of nitrogens with one attached hydrogen (secondary N) is 3. The largest absolute Gasteiger partial charge is 0.316 e. The highest BCUT2D eigenvalue weighted by molar-refractivity contribution is 6.23. The average Bonchev–Trinajstić information content (AvgIpc) is 2.93. The minimum Gasteiger partial charge on any atom is -0.316 e. The second-order valence-corrected chi connectivity index (χ2v) is 7.67. The third-order valence-corrected chi connectivity index (χ3v) is 5.67. The van der Waals surface area contributed by atoms with Gasteiger partial charge in [-0.3, -0.25) is 29.4 Å². The van der Waals surface area contributed by atoms with Crippen molar-refractivity contribution in [3.63, 3.8) is 0 Å². The number of piperidine rings is 2. The van der Waals surface area contributed by atoms with Gasteiger partial charge in [0, 0.05) is 13.0 Å². The summed E-state index contributed by atoms with van der Waals surface area (Å²) in [6.45, 7) is 3.62. The fourth-order valence-electron chi connectivity index (χ4n) is 4.15. The van der Waals surface area contributed by atoms with E-state index in [0.29, 0.717) is 23.6 Å². The van der Waals surface area contributed by atoms with E-state index in [4.69, 9.17) is 0 Å². The summed E-state index contributed by atoms with van der Waals surface area (Å²) < 4.78 is 0. The Hall–Kier alpha value is -2.58. The second kappa shape index (κ2) is 7.81. The van der Waals surface area contributed by atoms with Crippen molar-refractivity contribution in [3.8, 4) is 0 Å². The van der Waals surface area contributed by atoms with Gasteiger partial charge in [-0.15, -0.1) is 0 Å². The summed E-state index contributed by atoms with van der Waals surface area (Å²) >= 11 is 0. The van der Waals surface area contributed by atoms with E-state index in [2.05, 4.69) is 16.0 Å². The maximum atomic E-state index is 12.8. The molecule has 2 atom stereocenters. The Morgan fingerprint density at radius 1 is 1.07 bits per heavy atom. The maximum absolute atomic E-state index is 12.8. The normalized spacial score (nSPS) is 25.1. The fourth-order valence-corrected chi connectivity index (χ4v) is 4.15. The van der Waals surface area contributed by atoms with Crippen LogP contribution in [0.5, 0.6) is 0 Å². The van der Waals surface area contributed by atoms with Gasteiger partial charge in [0.05, 0.1) is 11.1 Å². The molecule has 0 bridgehead atoms. The number of carbonyl (C=O) groups excluding carboxylic acids is 4. The van der Waals surface area contributed by atoms with E-state index in [1.807, 2.05) is 6.07 Å². The molecule has 0 aromatic heterocycles. The van der Waals surface area contributed by atoms with Gasteiger partial charge in [-0.1, -0.05) is 6.07 Å². The molecule has 3 heterocycles. The molecule has 3 aliphatic heterocycles. The number of nitrogens with zero attached hydrogens (tertiary/aromatic N) is 1. The van der Waals surface area contributed by atoms with Crippen LogP contribution in [0.4, 0.5) is 0 Å². The van der Waals surface area contributed by atoms with Crippen LogP contribution in [0.1, 0.15) is 52.0 Å². The quantitative estimate of drug-likeness (QED) is 0.625. The summed E-state index contributed by atoms with van der Waals surface area (Å²) in [7, 11) is 0. The summed E-state index contributed by atoms with van der Waals surface area (Å²) in [5.74, 6) is -1.29. The Balaban J connectivity index is 1.43. The SMILES string of the molecule is O=C1CCC(N2C(=O)c3ccc(CNC[C@@H]4CCCNC4)cc3C2=O)C(=O)N1. The molecule has 4 amide bonds. The summed E-state index contributed by atoms with van der Waals surface area (Å²) in [6, 6.07) is 4.30. The number of fused-ring (bicyclic) bond motifs is 1. The summed E-state index contributed by atoms with van der Waals surface area (Å²) in [5, 5.41) is 9.02. The van der Waals surface area contributed by atoms with Gasteiger partial charge in [0.15, 0.2) is 0 Å². The lowest BCUT2D eigenvalue weighted by Crippen LogP contribution is -2.54. The molecule has 3 N–H and O–H groups in total. The van der Waals surface area contributed by atoms with E-state index in [9.17, 15) is 19.2 Å². The molecular weight excluding hydrogens is 360 g/mol. The topological polar surface area (TPSA) is 108 Å². The highest BCUT2D eigenvalue weighted by atomic mass is 16.2. The summed E-state index contributed by atoms with van der Waals surface area (Å²) in [5.41, 5.74) is 1.57. The predicted octanol–water partition coefficient (Wildman–Crippen LogP) is 0.177. The van der Waals surface area contributed by atoms with Crippen LogP contribution in [0, 0.1) is 5.92 Å². The van der Waals surface area contributed by atoms with Crippen molar-refractivity contribution >= 4 is 23.6 Å². The number of carbonyl (C=O) groups is 4. The van der Waals surface area contributed by atoms with E-state index < -0.39 is 23.8 Å². The maximum Gasteiger partial charge on any atom is 0.262 e. The standard InChI is InChI=1S/C20H24N4O4/c25-17-6-5-16(18(26)23-17)24-19(27)14-4-3-12(8-15(14)20(24)28)9-22-11-13-2-1-7-21-10-13/h3-4,8,13,16,21-22H,1-2,5-7,9-11H2,(H,23,25,26)/t13-,16?/m1/s1. The smallest absolute Gasteiger partial charge is 0.262 e. The molecule has 3 aliphatic rings. The van der Waals surface area contributed by atoms with E-state index in [1.165, 1.54) is 12.8 Å². The molecule has 1 aromatic carbocycles. The third kappa shape index (κ3) is 3.57. The molecule has 8 heteroatoms. The van der Waals surface area contributed by atoms with Gasteiger partial charge in [0.1, 0.15) is 6.04 Å². The van der Waals surface area contributed by atoms with E-state index in [0.717, 1.165) is 30.1 Å². The minimum atomic E-state index is -0.925. The lowest BCUT2D eigenvalue weighted by Gasteiger charge is -2.27. The van der Waals surface area contributed by atoms with Gasteiger partial charge in [-0.2, -0.15) is 0 Å². The number of hydrogen-bond donors (Lipinski definition) is 3. The second-order valence-electron chi connectivity index (χ2n) is 7.67. The fraction of sp³-hybridized carbons (Fsp3) is 0.500. The molecule has 148 valence electrons. The molecule has 28 heavy (non-hydrogen) atoms. The first kappa shape index (κ1) is 18.8. The predicted molar refractivity (Wildman–Crippen MR) is 100 cm³/mol. The molecule has 0 radical (unpaired) electrons. The Bertz CT molecular complexity index is 831. The van der Waals surface area contributed by atoms with Crippen molar-refractivity contribution < 1.29 is 19.2 Å². The molecule has 0 spiro atoms. The first-order valence-corrected chi connectivity index (χ1v) is 9.80. The van der Waals surface area contributed by atoms with Crippen molar-refractivity contribution in [3.05, 3.63) is 34.9 Å². The molecule has 1 unspecified atom stereocenters. The van der Waals surface area contributed by atoms with E-state index >= 15 is 0 Å². The van der Waals surface area contributed by atoms with Gasteiger partial charge < -0.3 is 10.6 Å². The van der Waals surface area contributed by atoms with Crippen molar-refractivity contribution in [2.45, 2.75) is 38.3 Å². The zero-order chi connectivity index (χ0) is 19.7. The van der Waals surface area contributed by atoms with Crippen molar-refractivity contribution in [2.75, 3.05) is 19.6 Å². The van der Waals surface area contributed by atoms with Crippen LogP contribution in [-0.2, 0) is 16.1 Å². The van der Waals surface area contributed by atoms with Crippen LogP contribution in [-0.4, -0.2) is 54.2 Å². The van der Waals surface area contributed by atoms with Gasteiger partial charge in [-0.05, 0) is 62.5 Å². The number of benzene rings is 1. The van der Waals surface area contributed by atoms with Crippen molar-refractivity contribution in [1.82, 2.24) is 20.9 Å². The summed E-state index contributed by atoms with van der Waals surface area (Å²) in [4.78, 5) is 49.9. The molecule has 1 aromatic rings. The van der Waals surface area contributed by atoms with Gasteiger partial charge in [0.2, 0.25) is 11.8 Å². The van der Waals surface area contributed by atoms with Crippen molar-refractivity contribution in [1.29, 1.82) is 0 Å². The van der Waals surface area contributed by atoms with Gasteiger partial charge >= 0.3 is 0 Å². The Labute approximate surface area is 163 Å². The molecular formula is C20H24N4O4. The number of amides is 4. The average molecular weight is 384 g/mol. The van der Waals surface area contributed by atoms with Crippen LogP contribution in [0.15, 0.2) is 18.2 Å². The highest BCUT2D eigenvalue weighted by Gasteiger charge is 2.44. The van der Waals surface area contributed by atoms with Crippen LogP contribution in [0.3, 0.4) is 0 Å². The van der Waals surface area contributed by atoms with Crippen molar-refractivity contribution in [2.24, 2.45) is 5.92 Å². The minimum absolute atomic E-state index is 0.120. The monoisotopic (exact) mass is 384 g/mol. The Morgan fingerprint density at radius 2 is 1.89 bits per heavy atom. The Morgan fingerprint density at radius 3 is 2.64 bits per heavy atom. The molecule has 0 aliphatic carbocycles. The first-order chi connectivity index (χ1) is 13.5. The number of rotatable bonds is 5. The first-order valence-electron chi connectivity index (χ1n) is 9.80. The van der Waals surface area contributed by atoms with Crippen LogP contribution < -0.4 is 16.0 Å². The van der Waals surface area contributed by atoms with E-state index in [-0.39, 0.29) is 18.7 Å². The zero-order valence-electron chi connectivity index (χ0n) is 15.6. The number of imide groups is 2. The summed E-state index contributed by atoms with van der Waals surface area (Å²) in [6.07, 6.45) is 2.69. The Kier molecular flexibility index (Phi) is 5.23. The van der Waals surface area contributed by atoms with Crippen LogP contribution in [0.25, 0.3) is 0 Å². The molecule has 0 saturated carbocycles. The molecule has 2 fully saturated rings. The highest BCUT2D eigenvalue weighted by Crippen LogP contribution is 2.28. The molecule has 4 rings (SSSR count). The van der Waals surface area contributed by atoms with Crippen LogP contribution >= 0.6 is 0 Å². The van der Waals surface area contributed by atoms with Gasteiger partial charge in [0.25, 0.3) is 11.8 Å². The van der Waals surface area contributed by atoms with Crippen LogP contribution in [0.2, 0.25) is 0 Å². The lowest BCUT2D eigenvalue weighted by atomic mass is 9.99. The lowest BCUT2D eigenvalue weighted by molar-refractivity contribution is -0.136. The molecule has 2 saturated heterocycles.